The van der Waals surface area contributed by atoms with Crippen molar-refractivity contribution in [3.05, 3.63) is 35.4 Å². The average Bonchev–Trinajstić information content (AvgIpc) is 2.58. The van der Waals surface area contributed by atoms with E-state index < -0.39 is 0 Å². The normalized spacial score (nSPS) is 15.6. The van der Waals surface area contributed by atoms with Crippen LogP contribution in [0, 0.1) is 12.8 Å². The van der Waals surface area contributed by atoms with Crippen LogP contribution in [0.3, 0.4) is 0 Å². The molecule has 5 heteroatoms. The summed E-state index contributed by atoms with van der Waals surface area (Å²) in [5, 5.41) is 4.16. The quantitative estimate of drug-likeness (QED) is 0.486. The van der Waals surface area contributed by atoms with Gasteiger partial charge in [-0.15, -0.1) is 0 Å². The summed E-state index contributed by atoms with van der Waals surface area (Å²) in [5.74, 6) is 0.403. The van der Waals surface area contributed by atoms with Gasteiger partial charge in [-0.25, -0.2) is 0 Å². The van der Waals surface area contributed by atoms with Crippen LogP contribution in [-0.2, 0) is 0 Å². The van der Waals surface area contributed by atoms with Gasteiger partial charge >= 0.3 is 0 Å². The molecule has 1 aromatic rings. The lowest BCUT2D eigenvalue weighted by molar-refractivity contribution is 0.0872. The maximum absolute atomic E-state index is 12.6. The van der Waals surface area contributed by atoms with Gasteiger partial charge in [0.15, 0.2) is 10.9 Å². The number of nitrogens with zero attached hydrogens (tertiary/aromatic N) is 2. The third-order valence-corrected chi connectivity index (χ3v) is 4.95. The number of carbonyl (C=O) groups is 1. The van der Waals surface area contributed by atoms with Crippen LogP contribution in [0.4, 0.5) is 0 Å². The number of hydrogen-bond donors (Lipinski definition) is 1. The summed E-state index contributed by atoms with van der Waals surface area (Å²) in [5.41, 5.74) is 2.02. The number of thiocarbonyl (C=S) groups is 1. The van der Waals surface area contributed by atoms with Crippen molar-refractivity contribution in [2.24, 2.45) is 5.92 Å². The number of hydrogen-bond acceptors (Lipinski definition) is 3. The molecule has 1 heterocycles. The molecule has 0 saturated carbocycles. The second-order valence-corrected chi connectivity index (χ2v) is 7.27. The average molecular weight is 348 g/mol. The topological polar surface area (TPSA) is 35.6 Å². The highest BCUT2D eigenvalue weighted by atomic mass is 32.1. The lowest BCUT2D eigenvalue weighted by atomic mass is 9.89. The molecule has 0 aromatic heterocycles. The molecule has 4 nitrogen and oxygen atoms in total. The molecule has 1 saturated heterocycles. The minimum absolute atomic E-state index is 0.125. The van der Waals surface area contributed by atoms with Gasteiger partial charge in [-0.2, -0.15) is 0 Å². The van der Waals surface area contributed by atoms with Crippen LogP contribution < -0.4 is 5.32 Å². The molecule has 0 unspecified atom stereocenters. The Morgan fingerprint density at radius 2 is 1.88 bits per heavy atom. The van der Waals surface area contributed by atoms with Crippen molar-refractivity contribution in [1.82, 2.24) is 15.1 Å². The number of carbonyl (C=O) groups excluding carboxylic acids is 1. The summed E-state index contributed by atoms with van der Waals surface area (Å²) >= 11 is 5.48. The molecular formula is C19H29N3OS. The van der Waals surface area contributed by atoms with E-state index in [1.165, 1.54) is 5.56 Å². The molecule has 0 bridgehead atoms. The number of Topliss-reactive ketones (excluding diaryl/α,β-unsaturated/α-hetero) is 1. The fourth-order valence-electron chi connectivity index (χ4n) is 3.00. The number of likely N-dealkylation sites (tertiary alicyclic amines) is 1. The summed E-state index contributed by atoms with van der Waals surface area (Å²) in [6.45, 7) is 5.73. The third-order valence-electron chi connectivity index (χ3n) is 4.55. The zero-order chi connectivity index (χ0) is 17.5. The van der Waals surface area contributed by atoms with Crippen molar-refractivity contribution < 1.29 is 4.79 Å². The van der Waals surface area contributed by atoms with Crippen LogP contribution in [0.5, 0.6) is 0 Å². The van der Waals surface area contributed by atoms with Crippen LogP contribution >= 0.6 is 12.2 Å². The van der Waals surface area contributed by atoms with Gasteiger partial charge in [-0.1, -0.05) is 29.8 Å². The van der Waals surface area contributed by atoms with Crippen molar-refractivity contribution in [3.63, 3.8) is 0 Å². The summed E-state index contributed by atoms with van der Waals surface area (Å²) in [7, 11) is 4.16. The molecule has 24 heavy (non-hydrogen) atoms. The minimum atomic E-state index is 0.125. The number of piperidine rings is 1. The summed E-state index contributed by atoms with van der Waals surface area (Å²) in [4.78, 5) is 17.0. The predicted molar refractivity (Wildman–Crippen MR) is 104 cm³/mol. The number of nitrogens with one attached hydrogen (secondary N) is 1. The van der Waals surface area contributed by atoms with Crippen molar-refractivity contribution in [3.8, 4) is 0 Å². The lowest BCUT2D eigenvalue weighted by Gasteiger charge is -2.33. The van der Waals surface area contributed by atoms with Gasteiger partial charge in [-0.3, -0.25) is 4.79 Å². The standard InChI is InChI=1S/C19H29N3OS/c1-15-5-7-16(8-6-15)18(23)17-9-13-22(14-10-17)19(24)20-11-4-12-21(2)3/h5-8,17H,4,9-14H2,1-3H3,(H,20,24). The Morgan fingerprint density at radius 3 is 2.46 bits per heavy atom. The van der Waals surface area contributed by atoms with Gasteiger partial charge < -0.3 is 15.1 Å². The van der Waals surface area contributed by atoms with Crippen LogP contribution in [0.25, 0.3) is 0 Å². The van der Waals surface area contributed by atoms with E-state index in [9.17, 15) is 4.79 Å². The first-order valence-corrected chi connectivity index (χ1v) is 9.16. The Morgan fingerprint density at radius 1 is 1.25 bits per heavy atom. The Kier molecular flexibility index (Phi) is 7.18. The summed E-state index contributed by atoms with van der Waals surface area (Å²) in [6, 6.07) is 7.91. The Balaban J connectivity index is 1.75. The highest BCUT2D eigenvalue weighted by molar-refractivity contribution is 7.80. The number of ketones is 1. The highest BCUT2D eigenvalue weighted by Gasteiger charge is 2.26. The molecule has 0 aliphatic carbocycles. The molecule has 1 N–H and O–H groups in total. The van der Waals surface area contributed by atoms with Gasteiger partial charge in [0.05, 0.1) is 0 Å². The van der Waals surface area contributed by atoms with E-state index in [-0.39, 0.29) is 11.7 Å². The first kappa shape index (κ1) is 18.9. The van der Waals surface area contributed by atoms with Gasteiger partial charge in [0, 0.05) is 31.1 Å². The maximum Gasteiger partial charge on any atom is 0.168 e. The number of aryl methyl sites for hydroxylation is 1. The highest BCUT2D eigenvalue weighted by Crippen LogP contribution is 2.22. The van der Waals surface area contributed by atoms with Crippen LogP contribution in [0.1, 0.15) is 35.2 Å². The first-order chi connectivity index (χ1) is 11.5. The van der Waals surface area contributed by atoms with Gasteiger partial charge in [0.2, 0.25) is 0 Å². The largest absolute Gasteiger partial charge is 0.363 e. The molecular weight excluding hydrogens is 318 g/mol. The molecule has 1 aromatic carbocycles. The first-order valence-electron chi connectivity index (χ1n) is 8.76. The molecule has 1 aliphatic heterocycles. The molecule has 0 amide bonds. The summed E-state index contributed by atoms with van der Waals surface area (Å²) in [6.07, 6.45) is 2.84. The monoisotopic (exact) mass is 347 g/mol. The minimum Gasteiger partial charge on any atom is -0.363 e. The smallest absolute Gasteiger partial charge is 0.168 e. The zero-order valence-corrected chi connectivity index (χ0v) is 15.9. The van der Waals surface area contributed by atoms with Crippen molar-refractivity contribution >= 4 is 23.1 Å². The van der Waals surface area contributed by atoms with Crippen LogP contribution in [0.15, 0.2) is 24.3 Å². The van der Waals surface area contributed by atoms with E-state index in [1.54, 1.807) is 0 Å². The Hall–Kier alpha value is -1.46. The van der Waals surface area contributed by atoms with Crippen molar-refractivity contribution in [1.29, 1.82) is 0 Å². The Bertz CT molecular complexity index is 548. The Labute approximate surface area is 151 Å². The molecule has 0 radical (unpaired) electrons. The second kappa shape index (κ2) is 9.14. The van der Waals surface area contributed by atoms with Gasteiger partial charge in [0.25, 0.3) is 0 Å². The van der Waals surface area contributed by atoms with Crippen molar-refractivity contribution in [2.45, 2.75) is 26.2 Å². The molecule has 132 valence electrons. The van der Waals surface area contributed by atoms with E-state index >= 15 is 0 Å². The SMILES string of the molecule is Cc1ccc(C(=O)C2CCN(C(=S)NCCCN(C)C)CC2)cc1. The van der Waals surface area contributed by atoms with Crippen LogP contribution in [-0.4, -0.2) is 61.0 Å². The van der Waals surface area contributed by atoms with E-state index in [0.29, 0.717) is 0 Å². The van der Waals surface area contributed by atoms with Gasteiger partial charge in [0.1, 0.15) is 0 Å². The number of benzene rings is 1. The maximum atomic E-state index is 12.6. The summed E-state index contributed by atoms with van der Waals surface area (Å²) < 4.78 is 0. The molecule has 0 spiro atoms. The zero-order valence-electron chi connectivity index (χ0n) is 15.0. The number of rotatable bonds is 6. The molecule has 0 atom stereocenters. The fourth-order valence-corrected chi connectivity index (χ4v) is 3.29. The lowest BCUT2D eigenvalue weighted by Crippen LogP contribution is -2.45. The van der Waals surface area contributed by atoms with Crippen LogP contribution in [0.2, 0.25) is 0 Å². The molecule has 2 rings (SSSR count). The fraction of sp³-hybridized carbons (Fsp3) is 0.579. The second-order valence-electron chi connectivity index (χ2n) is 6.88. The van der Waals surface area contributed by atoms with E-state index in [1.807, 2.05) is 31.2 Å². The van der Waals surface area contributed by atoms with Crippen molar-refractivity contribution in [2.75, 3.05) is 40.3 Å². The molecule has 1 aliphatic rings. The third kappa shape index (κ3) is 5.56. The predicted octanol–water partition coefficient (Wildman–Crippen LogP) is 2.72. The molecule has 1 fully saturated rings. The van der Waals surface area contributed by atoms with Gasteiger partial charge in [-0.05, 0) is 59.0 Å². The van der Waals surface area contributed by atoms with E-state index in [0.717, 1.165) is 56.1 Å². The van der Waals surface area contributed by atoms with E-state index in [4.69, 9.17) is 12.2 Å². The van der Waals surface area contributed by atoms with E-state index in [2.05, 4.69) is 29.2 Å².